The molecule has 4 unspecified atom stereocenters. The number of sulfonamides is 1. The SMILES string of the molecule is COc1ccccc1S(=O)(=O)NC(=O)C12CC1C=CCCCCCC(NC(=O)OC(C)(C)C)C(=O)N1CCCC1C(=O)N2. The number of para-hydroxylation sites is 1. The Morgan fingerprint density at radius 2 is 1.81 bits per heavy atom. The third kappa shape index (κ3) is 7.67. The molecule has 236 valence electrons. The average Bonchev–Trinajstić information content (AvgIpc) is 3.39. The zero-order chi connectivity index (χ0) is 31.4. The number of benzene rings is 1. The predicted octanol–water partition coefficient (Wildman–Crippen LogP) is 2.78. The van der Waals surface area contributed by atoms with Crippen LogP contribution in [0.1, 0.15) is 72.1 Å². The third-order valence-electron chi connectivity index (χ3n) is 7.91. The van der Waals surface area contributed by atoms with E-state index in [1.54, 1.807) is 26.8 Å². The molecule has 3 aliphatic rings. The van der Waals surface area contributed by atoms with E-state index < -0.39 is 57.1 Å². The first-order valence-electron chi connectivity index (χ1n) is 14.8. The van der Waals surface area contributed by atoms with Crippen LogP contribution < -0.4 is 20.1 Å². The number of nitrogens with zero attached hydrogens (tertiary/aromatic N) is 1. The smallest absolute Gasteiger partial charge is 0.408 e. The maximum Gasteiger partial charge on any atom is 0.408 e. The molecule has 2 heterocycles. The van der Waals surface area contributed by atoms with E-state index >= 15 is 0 Å². The van der Waals surface area contributed by atoms with Gasteiger partial charge in [-0.3, -0.25) is 14.4 Å². The molecule has 1 saturated carbocycles. The van der Waals surface area contributed by atoms with Gasteiger partial charge in [0.25, 0.3) is 15.9 Å². The van der Waals surface area contributed by atoms with E-state index in [9.17, 15) is 27.6 Å². The van der Waals surface area contributed by atoms with Crippen LogP contribution in [0, 0.1) is 5.92 Å². The van der Waals surface area contributed by atoms with Crippen molar-refractivity contribution >= 4 is 33.8 Å². The number of amides is 4. The average molecular weight is 619 g/mol. The summed E-state index contributed by atoms with van der Waals surface area (Å²) in [6.07, 6.45) is 7.62. The summed E-state index contributed by atoms with van der Waals surface area (Å²) in [6.45, 7) is 5.52. The van der Waals surface area contributed by atoms with Gasteiger partial charge in [-0.1, -0.05) is 37.1 Å². The van der Waals surface area contributed by atoms with Crippen LogP contribution in [0.25, 0.3) is 0 Å². The molecule has 4 amide bonds. The minimum atomic E-state index is -4.32. The first-order valence-corrected chi connectivity index (χ1v) is 16.2. The number of carbonyl (C=O) groups is 4. The topological polar surface area (TPSA) is 160 Å². The van der Waals surface area contributed by atoms with E-state index in [0.717, 1.165) is 12.8 Å². The molecule has 2 fully saturated rings. The van der Waals surface area contributed by atoms with Crippen molar-refractivity contribution in [3.63, 3.8) is 0 Å². The zero-order valence-corrected chi connectivity index (χ0v) is 26.0. The van der Waals surface area contributed by atoms with E-state index in [1.165, 1.54) is 30.2 Å². The summed E-state index contributed by atoms with van der Waals surface area (Å²) >= 11 is 0. The highest BCUT2D eigenvalue weighted by atomic mass is 32.2. The fourth-order valence-electron chi connectivity index (χ4n) is 5.65. The van der Waals surface area contributed by atoms with E-state index in [4.69, 9.17) is 9.47 Å². The number of hydrogen-bond acceptors (Lipinski definition) is 8. The van der Waals surface area contributed by atoms with Crippen molar-refractivity contribution in [2.45, 2.75) is 100 Å². The van der Waals surface area contributed by atoms with Crippen LogP contribution in [0.2, 0.25) is 0 Å². The summed E-state index contributed by atoms with van der Waals surface area (Å²) in [4.78, 5) is 54.8. The molecule has 1 saturated heterocycles. The van der Waals surface area contributed by atoms with E-state index in [2.05, 4.69) is 15.4 Å². The Bertz CT molecular complexity index is 1370. The van der Waals surface area contributed by atoms with Gasteiger partial charge in [0.15, 0.2) is 0 Å². The van der Waals surface area contributed by atoms with Gasteiger partial charge in [-0.15, -0.1) is 0 Å². The second-order valence-electron chi connectivity index (χ2n) is 12.3. The second kappa shape index (κ2) is 12.9. The molecule has 4 atom stereocenters. The van der Waals surface area contributed by atoms with Crippen LogP contribution in [0.4, 0.5) is 4.79 Å². The maximum absolute atomic E-state index is 13.7. The third-order valence-corrected chi connectivity index (χ3v) is 9.28. The quantitative estimate of drug-likeness (QED) is 0.425. The molecule has 12 nitrogen and oxygen atoms in total. The van der Waals surface area contributed by atoms with Crippen molar-refractivity contribution in [3.8, 4) is 5.75 Å². The lowest BCUT2D eigenvalue weighted by molar-refractivity contribution is -0.141. The number of rotatable bonds is 5. The molecule has 13 heteroatoms. The highest BCUT2D eigenvalue weighted by Crippen LogP contribution is 2.46. The molecule has 0 aromatic heterocycles. The minimum Gasteiger partial charge on any atom is -0.495 e. The Balaban J connectivity index is 1.57. The Labute approximate surface area is 253 Å². The van der Waals surface area contributed by atoms with Gasteiger partial charge in [-0.25, -0.2) is 17.9 Å². The lowest BCUT2D eigenvalue weighted by Gasteiger charge is -2.30. The Kier molecular flexibility index (Phi) is 9.73. The van der Waals surface area contributed by atoms with E-state index in [1.807, 2.05) is 12.2 Å². The molecule has 2 aliphatic heterocycles. The summed E-state index contributed by atoms with van der Waals surface area (Å²) in [7, 11) is -2.99. The normalized spacial score (nSPS) is 26.6. The number of alkyl carbamates (subject to hydrolysis) is 1. The van der Waals surface area contributed by atoms with Crippen molar-refractivity contribution in [3.05, 3.63) is 36.4 Å². The summed E-state index contributed by atoms with van der Waals surface area (Å²) in [6, 6.07) is 4.19. The van der Waals surface area contributed by atoms with Crippen molar-refractivity contribution in [2.75, 3.05) is 13.7 Å². The molecule has 4 rings (SSSR count). The standard InChI is InChI=1S/C30H42N4O8S/c1-29(2,3)42-28(38)31-21-14-9-7-5-6-8-13-20-19-30(20,32-25(35)22-15-12-18-34(22)26(21)36)27(37)33-43(39,40)24-17-11-10-16-23(24)41-4/h8,10-11,13,16-17,20-22H,5-7,9,12,14-15,18-19H2,1-4H3,(H,31,38)(H,32,35)(H,33,37). The van der Waals surface area contributed by atoms with Crippen LogP contribution in [0.3, 0.4) is 0 Å². The number of allylic oxidation sites excluding steroid dienone is 1. The van der Waals surface area contributed by atoms with Gasteiger partial charge < -0.3 is 25.0 Å². The largest absolute Gasteiger partial charge is 0.495 e. The fraction of sp³-hybridized carbons (Fsp3) is 0.600. The molecule has 0 radical (unpaired) electrons. The Hall–Kier alpha value is -3.61. The Morgan fingerprint density at radius 3 is 2.53 bits per heavy atom. The van der Waals surface area contributed by atoms with Crippen molar-refractivity contribution in [1.29, 1.82) is 0 Å². The van der Waals surface area contributed by atoms with Crippen molar-refractivity contribution in [1.82, 2.24) is 20.3 Å². The Morgan fingerprint density at radius 1 is 1.07 bits per heavy atom. The molecule has 0 spiro atoms. The lowest BCUT2D eigenvalue weighted by Crippen LogP contribution is -2.58. The van der Waals surface area contributed by atoms with Crippen LogP contribution in [-0.4, -0.2) is 74.0 Å². The second-order valence-corrected chi connectivity index (χ2v) is 14.0. The number of carbonyl (C=O) groups excluding carboxylic acids is 4. The van der Waals surface area contributed by atoms with Gasteiger partial charge in [-0.05, 0) is 71.4 Å². The van der Waals surface area contributed by atoms with E-state index in [-0.39, 0.29) is 23.0 Å². The fourth-order valence-corrected chi connectivity index (χ4v) is 6.86. The first kappa shape index (κ1) is 32.3. The molecule has 1 aromatic carbocycles. The predicted molar refractivity (Wildman–Crippen MR) is 157 cm³/mol. The van der Waals surface area contributed by atoms with Gasteiger partial charge in [0, 0.05) is 12.5 Å². The van der Waals surface area contributed by atoms with Gasteiger partial charge >= 0.3 is 6.09 Å². The molecule has 43 heavy (non-hydrogen) atoms. The van der Waals surface area contributed by atoms with Crippen LogP contribution >= 0.6 is 0 Å². The number of nitrogens with one attached hydrogen (secondary N) is 3. The van der Waals surface area contributed by atoms with Gasteiger partial charge in [0.2, 0.25) is 11.8 Å². The van der Waals surface area contributed by atoms with Gasteiger partial charge in [0.05, 0.1) is 7.11 Å². The monoisotopic (exact) mass is 618 g/mol. The van der Waals surface area contributed by atoms with Gasteiger partial charge in [0.1, 0.15) is 33.9 Å². The molecule has 3 N–H and O–H groups in total. The number of ether oxygens (including phenoxy) is 2. The number of hydrogen-bond donors (Lipinski definition) is 3. The van der Waals surface area contributed by atoms with E-state index in [0.29, 0.717) is 38.6 Å². The first-order chi connectivity index (χ1) is 20.3. The lowest BCUT2D eigenvalue weighted by atomic mass is 10.0. The molecular formula is C30H42N4O8S. The minimum absolute atomic E-state index is 0.0771. The summed E-state index contributed by atoms with van der Waals surface area (Å²) in [5, 5.41) is 5.51. The molecular weight excluding hydrogens is 576 g/mol. The van der Waals surface area contributed by atoms with Crippen molar-refractivity contribution in [2.24, 2.45) is 5.92 Å². The van der Waals surface area contributed by atoms with Crippen LogP contribution in [0.5, 0.6) is 5.75 Å². The summed E-state index contributed by atoms with van der Waals surface area (Å²) in [5.74, 6) is -2.13. The highest BCUT2D eigenvalue weighted by molar-refractivity contribution is 7.90. The van der Waals surface area contributed by atoms with Gasteiger partial charge in [-0.2, -0.15) is 0 Å². The molecule has 1 aromatic rings. The zero-order valence-electron chi connectivity index (χ0n) is 25.2. The number of fused-ring (bicyclic) bond motifs is 2. The van der Waals surface area contributed by atoms with Crippen LogP contribution in [-0.2, 0) is 29.1 Å². The summed E-state index contributed by atoms with van der Waals surface area (Å²) < 4.78 is 39.1. The summed E-state index contributed by atoms with van der Waals surface area (Å²) in [5.41, 5.74) is -2.24. The molecule has 1 aliphatic carbocycles. The highest BCUT2D eigenvalue weighted by Gasteiger charge is 2.61. The van der Waals surface area contributed by atoms with Crippen molar-refractivity contribution < 1.29 is 37.1 Å². The maximum atomic E-state index is 13.7. The number of methoxy groups -OCH3 is 1. The van der Waals surface area contributed by atoms with Crippen LogP contribution in [0.15, 0.2) is 41.3 Å². The molecule has 0 bridgehead atoms.